The summed E-state index contributed by atoms with van der Waals surface area (Å²) in [5.41, 5.74) is 4.00. The first-order chi connectivity index (χ1) is 22.7. The second-order valence-corrected chi connectivity index (χ2v) is 12.2. The number of benzene rings is 1. The van der Waals surface area contributed by atoms with Crippen LogP contribution in [-0.2, 0) is 17.9 Å². The van der Waals surface area contributed by atoms with Gasteiger partial charge < -0.3 is 25.4 Å². The highest BCUT2D eigenvalue weighted by molar-refractivity contribution is 6.39. The van der Waals surface area contributed by atoms with Gasteiger partial charge >= 0.3 is 0 Å². The number of anilines is 2. The van der Waals surface area contributed by atoms with E-state index in [0.717, 1.165) is 18.4 Å². The molecule has 1 amide bonds. The second kappa shape index (κ2) is 15.8. The standard InChI is InChI=1S/C34H38Cl2FN7O3/c1-21(46)44-15-11-24(12-16-44)40-19-22-9-13-39-33(31(22)37)41-28-6-4-5-26(29(28)35)32-30(36)25(10-14-38-32)27-8-7-23(34(42-27)47-3)20-43(2)17-18-45/h4-10,13-14,24,40,45H,11-12,15-20H2,1-3H3,(H,39,41). The Bertz CT molecular complexity index is 1720. The highest BCUT2D eigenvalue weighted by Gasteiger charge is 2.22. The number of likely N-dealkylation sites (N-methyl/N-ethyl adjacent to an activating group) is 1. The minimum atomic E-state index is -0.480. The zero-order chi connectivity index (χ0) is 33.5. The molecule has 0 aliphatic carbocycles. The molecule has 1 fully saturated rings. The lowest BCUT2D eigenvalue weighted by atomic mass is 10.0. The van der Waals surface area contributed by atoms with E-state index < -0.39 is 5.82 Å². The van der Waals surface area contributed by atoms with Crippen molar-refractivity contribution < 1.29 is 19.0 Å². The van der Waals surface area contributed by atoms with Gasteiger partial charge in [0.1, 0.15) is 0 Å². The van der Waals surface area contributed by atoms with Gasteiger partial charge in [-0.3, -0.25) is 14.7 Å². The van der Waals surface area contributed by atoms with Gasteiger partial charge in [0.25, 0.3) is 0 Å². The number of ether oxygens (including phenoxy) is 1. The lowest BCUT2D eigenvalue weighted by Crippen LogP contribution is -2.44. The van der Waals surface area contributed by atoms with Gasteiger partial charge in [0.15, 0.2) is 11.6 Å². The smallest absolute Gasteiger partial charge is 0.219 e. The number of aliphatic hydroxyl groups is 1. The third-order valence-electron chi connectivity index (χ3n) is 8.22. The van der Waals surface area contributed by atoms with Crippen LogP contribution >= 0.6 is 23.2 Å². The molecule has 1 saturated heterocycles. The molecule has 1 aliphatic heterocycles. The Hall–Kier alpha value is -3.87. The third kappa shape index (κ3) is 8.17. The maximum absolute atomic E-state index is 15.6. The number of hydrogen-bond acceptors (Lipinski definition) is 9. The number of carbonyl (C=O) groups excluding carboxylic acids is 1. The van der Waals surface area contributed by atoms with E-state index in [-0.39, 0.29) is 24.4 Å². The lowest BCUT2D eigenvalue weighted by molar-refractivity contribution is -0.129. The molecule has 10 nitrogen and oxygen atoms in total. The Labute approximate surface area is 283 Å². The monoisotopic (exact) mass is 681 g/mol. The average molecular weight is 683 g/mol. The summed E-state index contributed by atoms with van der Waals surface area (Å²) >= 11 is 13.8. The number of likely N-dealkylation sites (tertiary alicyclic amines) is 1. The van der Waals surface area contributed by atoms with E-state index >= 15 is 4.39 Å². The van der Waals surface area contributed by atoms with Crippen molar-refractivity contribution in [3.8, 4) is 28.4 Å². The van der Waals surface area contributed by atoms with E-state index in [4.69, 9.17) is 32.9 Å². The van der Waals surface area contributed by atoms with E-state index in [1.807, 2.05) is 29.0 Å². The fraction of sp³-hybridized carbons (Fsp3) is 0.353. The van der Waals surface area contributed by atoms with Crippen LogP contribution in [0.15, 0.2) is 54.9 Å². The average Bonchev–Trinajstić information content (AvgIpc) is 3.07. The van der Waals surface area contributed by atoms with Crippen LogP contribution in [0.4, 0.5) is 15.9 Å². The largest absolute Gasteiger partial charge is 0.481 e. The SMILES string of the molecule is COc1nc(-c2ccnc(-c3cccc(Nc4nccc(CNC5CCN(C(C)=O)CC5)c4F)c3Cl)c2Cl)ccc1CN(C)CCO. The minimum Gasteiger partial charge on any atom is -0.481 e. The number of hydrogen-bond donors (Lipinski definition) is 3. The van der Waals surface area contributed by atoms with Gasteiger partial charge in [0, 0.05) is 80.3 Å². The van der Waals surface area contributed by atoms with Crippen molar-refractivity contribution in [3.05, 3.63) is 81.8 Å². The van der Waals surface area contributed by atoms with Crippen molar-refractivity contribution >= 4 is 40.6 Å². The molecule has 3 N–H and O–H groups in total. The normalized spacial score (nSPS) is 13.7. The number of methoxy groups -OCH3 is 1. The van der Waals surface area contributed by atoms with Crippen LogP contribution in [-0.4, -0.2) is 82.2 Å². The zero-order valence-corrected chi connectivity index (χ0v) is 28.1. The fourth-order valence-electron chi connectivity index (χ4n) is 5.59. The van der Waals surface area contributed by atoms with Crippen molar-refractivity contribution in [1.82, 2.24) is 30.1 Å². The van der Waals surface area contributed by atoms with E-state index in [2.05, 4.69) is 20.6 Å². The Kier molecular flexibility index (Phi) is 11.6. The van der Waals surface area contributed by atoms with Gasteiger partial charge in [0.2, 0.25) is 11.8 Å². The molecule has 0 saturated carbocycles. The fourth-order valence-corrected chi connectivity index (χ4v) is 6.16. The number of rotatable bonds is 12. The molecule has 4 aromatic rings. The maximum Gasteiger partial charge on any atom is 0.219 e. The number of piperidine rings is 1. The summed E-state index contributed by atoms with van der Waals surface area (Å²) in [6.45, 7) is 4.42. The molecule has 3 aromatic heterocycles. The van der Waals surface area contributed by atoms with Crippen LogP contribution in [0.5, 0.6) is 5.88 Å². The van der Waals surface area contributed by atoms with Gasteiger partial charge in [-0.05, 0) is 44.2 Å². The summed E-state index contributed by atoms with van der Waals surface area (Å²) < 4.78 is 21.2. The van der Waals surface area contributed by atoms with Gasteiger partial charge in [-0.15, -0.1) is 0 Å². The Morgan fingerprint density at radius 2 is 1.83 bits per heavy atom. The van der Waals surface area contributed by atoms with E-state index in [1.165, 1.54) is 0 Å². The van der Waals surface area contributed by atoms with Gasteiger partial charge in [-0.2, -0.15) is 0 Å². The van der Waals surface area contributed by atoms with Crippen molar-refractivity contribution in [2.24, 2.45) is 0 Å². The van der Waals surface area contributed by atoms with Crippen molar-refractivity contribution in [1.29, 1.82) is 0 Å². The van der Waals surface area contributed by atoms with E-state index in [0.29, 0.717) is 82.4 Å². The molecule has 47 heavy (non-hydrogen) atoms. The molecule has 1 aromatic carbocycles. The molecular formula is C34H38Cl2FN7O3. The Balaban J connectivity index is 1.35. The predicted molar refractivity (Wildman–Crippen MR) is 182 cm³/mol. The first-order valence-corrected chi connectivity index (χ1v) is 16.1. The number of carbonyl (C=O) groups is 1. The molecule has 0 unspecified atom stereocenters. The highest BCUT2D eigenvalue weighted by Crippen LogP contribution is 2.41. The van der Waals surface area contributed by atoms with Crippen molar-refractivity contribution in [3.63, 3.8) is 0 Å². The maximum atomic E-state index is 15.6. The Morgan fingerprint density at radius 1 is 1.06 bits per heavy atom. The molecule has 13 heteroatoms. The summed E-state index contributed by atoms with van der Waals surface area (Å²) in [5, 5.41) is 16.4. The quantitative estimate of drug-likeness (QED) is 0.167. The first kappa shape index (κ1) is 34.5. The molecule has 248 valence electrons. The number of nitrogens with one attached hydrogen (secondary N) is 2. The van der Waals surface area contributed by atoms with Crippen LogP contribution < -0.4 is 15.4 Å². The topological polar surface area (TPSA) is 116 Å². The third-order valence-corrected chi connectivity index (χ3v) is 9.01. The zero-order valence-electron chi connectivity index (χ0n) is 26.6. The molecular weight excluding hydrogens is 644 g/mol. The van der Waals surface area contributed by atoms with E-state index in [9.17, 15) is 9.90 Å². The summed E-state index contributed by atoms with van der Waals surface area (Å²) in [6.07, 6.45) is 4.81. The van der Waals surface area contributed by atoms with Crippen LogP contribution in [0.2, 0.25) is 10.0 Å². The number of nitrogens with zero attached hydrogens (tertiary/aromatic N) is 5. The van der Waals surface area contributed by atoms with Gasteiger partial charge in [-0.25, -0.2) is 14.4 Å². The van der Waals surface area contributed by atoms with Crippen molar-refractivity contribution in [2.75, 3.05) is 45.7 Å². The number of halogens is 3. The molecule has 4 heterocycles. The predicted octanol–water partition coefficient (Wildman–Crippen LogP) is 5.93. The number of amides is 1. The lowest BCUT2D eigenvalue weighted by Gasteiger charge is -2.31. The highest BCUT2D eigenvalue weighted by atomic mass is 35.5. The summed E-state index contributed by atoms with van der Waals surface area (Å²) in [6, 6.07) is 12.7. The number of aromatic nitrogens is 3. The van der Waals surface area contributed by atoms with Crippen molar-refractivity contribution in [2.45, 2.75) is 38.9 Å². The molecule has 0 atom stereocenters. The van der Waals surface area contributed by atoms with E-state index in [1.54, 1.807) is 56.8 Å². The van der Waals surface area contributed by atoms with Crippen LogP contribution in [0.25, 0.3) is 22.5 Å². The summed E-state index contributed by atoms with van der Waals surface area (Å²) in [5.74, 6) is 0.0990. The molecule has 1 aliphatic rings. The molecule has 0 spiro atoms. The van der Waals surface area contributed by atoms with Crippen LogP contribution in [0.3, 0.4) is 0 Å². The molecule has 5 rings (SSSR count). The Morgan fingerprint density at radius 3 is 2.55 bits per heavy atom. The number of pyridine rings is 3. The summed E-state index contributed by atoms with van der Waals surface area (Å²) in [7, 11) is 3.47. The second-order valence-electron chi connectivity index (χ2n) is 11.4. The molecule has 0 bridgehead atoms. The first-order valence-electron chi connectivity index (χ1n) is 15.4. The minimum absolute atomic E-state index is 0.0450. The number of aliphatic hydroxyl groups excluding tert-OH is 1. The van der Waals surface area contributed by atoms with Crippen LogP contribution in [0, 0.1) is 5.82 Å². The van der Waals surface area contributed by atoms with Gasteiger partial charge in [-0.1, -0.05) is 41.4 Å². The molecule has 0 radical (unpaired) electrons. The summed E-state index contributed by atoms with van der Waals surface area (Å²) in [4.78, 5) is 28.9. The van der Waals surface area contributed by atoms with Crippen LogP contribution in [0.1, 0.15) is 30.9 Å². The van der Waals surface area contributed by atoms with Gasteiger partial charge in [0.05, 0.1) is 40.8 Å².